The summed E-state index contributed by atoms with van der Waals surface area (Å²) < 4.78 is 28.3. The Morgan fingerprint density at radius 1 is 1.38 bits per heavy atom. The molecule has 0 radical (unpaired) electrons. The molecule has 0 saturated heterocycles. The first kappa shape index (κ1) is 13.3. The second kappa shape index (κ2) is 5.50. The number of furan rings is 1. The molecule has 4 nitrogen and oxygen atoms in total. The zero-order chi connectivity index (χ0) is 12.2. The van der Waals surface area contributed by atoms with Gasteiger partial charge >= 0.3 is 0 Å². The normalized spacial score (nSPS) is 14.2. The second-order valence-corrected chi connectivity index (χ2v) is 6.78. The van der Waals surface area contributed by atoms with Crippen molar-refractivity contribution in [1.29, 1.82) is 0 Å². The number of hydrogen-bond acceptors (Lipinski definition) is 4. The maximum atomic E-state index is 11.5. The molecule has 0 bridgehead atoms. The molecule has 0 amide bonds. The van der Waals surface area contributed by atoms with E-state index >= 15 is 0 Å². The Hall–Kier alpha value is -0.810. The van der Waals surface area contributed by atoms with Gasteiger partial charge in [-0.15, -0.1) is 0 Å². The van der Waals surface area contributed by atoms with Crippen LogP contribution in [0.4, 0.5) is 0 Å². The predicted octanol–water partition coefficient (Wildman–Crippen LogP) is 1.75. The van der Waals surface area contributed by atoms with Crippen LogP contribution in [0.2, 0.25) is 0 Å². The van der Waals surface area contributed by atoms with Gasteiger partial charge in [0.2, 0.25) is 0 Å². The van der Waals surface area contributed by atoms with Crippen molar-refractivity contribution in [3.8, 4) is 0 Å². The van der Waals surface area contributed by atoms with Gasteiger partial charge in [0.1, 0.15) is 5.76 Å². The SMILES string of the molecule is CC(C)S(=O)(=O)CCN[C@H](C)c1ccco1. The summed E-state index contributed by atoms with van der Waals surface area (Å²) in [6, 6.07) is 3.73. The monoisotopic (exact) mass is 245 g/mol. The molecule has 0 unspecified atom stereocenters. The lowest BCUT2D eigenvalue weighted by molar-refractivity contribution is 0.436. The lowest BCUT2D eigenvalue weighted by atomic mass is 10.2. The van der Waals surface area contributed by atoms with Crippen molar-refractivity contribution in [1.82, 2.24) is 5.32 Å². The van der Waals surface area contributed by atoms with Gasteiger partial charge < -0.3 is 9.73 Å². The van der Waals surface area contributed by atoms with Crippen molar-refractivity contribution in [3.63, 3.8) is 0 Å². The molecule has 92 valence electrons. The minimum absolute atomic E-state index is 0.0392. The molecule has 0 aliphatic heterocycles. The lowest BCUT2D eigenvalue weighted by Gasteiger charge is -2.12. The van der Waals surface area contributed by atoms with Crippen LogP contribution < -0.4 is 5.32 Å². The molecule has 1 aromatic heterocycles. The van der Waals surface area contributed by atoms with Gasteiger partial charge in [-0.05, 0) is 32.9 Å². The maximum absolute atomic E-state index is 11.5. The van der Waals surface area contributed by atoms with Gasteiger partial charge in [0.05, 0.1) is 23.3 Å². The Labute approximate surface area is 97.0 Å². The van der Waals surface area contributed by atoms with Crippen LogP contribution in [0, 0.1) is 0 Å². The number of rotatable bonds is 6. The third kappa shape index (κ3) is 3.64. The summed E-state index contributed by atoms with van der Waals surface area (Å²) >= 11 is 0. The Bertz CT molecular complexity index is 395. The van der Waals surface area contributed by atoms with Crippen LogP contribution in [0.5, 0.6) is 0 Å². The summed E-state index contributed by atoms with van der Waals surface area (Å²) in [7, 11) is -2.96. The molecule has 0 spiro atoms. The van der Waals surface area contributed by atoms with Crippen LogP contribution in [-0.2, 0) is 9.84 Å². The van der Waals surface area contributed by atoms with Gasteiger partial charge in [-0.2, -0.15) is 0 Å². The first-order chi connectivity index (χ1) is 7.43. The molecule has 1 aromatic rings. The number of hydrogen-bond donors (Lipinski definition) is 1. The molecule has 0 saturated carbocycles. The Balaban J connectivity index is 2.37. The third-order valence-electron chi connectivity index (χ3n) is 2.53. The fraction of sp³-hybridized carbons (Fsp3) is 0.636. The van der Waals surface area contributed by atoms with E-state index in [0.29, 0.717) is 6.54 Å². The lowest BCUT2D eigenvalue weighted by Crippen LogP contribution is -2.28. The molecule has 1 atom stereocenters. The van der Waals surface area contributed by atoms with E-state index in [0.717, 1.165) is 5.76 Å². The van der Waals surface area contributed by atoms with E-state index in [1.807, 2.05) is 19.1 Å². The van der Waals surface area contributed by atoms with Crippen molar-refractivity contribution >= 4 is 9.84 Å². The standard InChI is InChI=1S/C11H19NO3S/c1-9(2)16(13,14)8-6-12-10(3)11-5-4-7-15-11/h4-5,7,9-10,12H,6,8H2,1-3H3/t10-/m1/s1. The Kier molecular flexibility index (Phi) is 4.56. The third-order valence-corrected chi connectivity index (χ3v) is 4.73. The molecule has 0 aliphatic rings. The number of sulfone groups is 1. The highest BCUT2D eigenvalue weighted by atomic mass is 32.2. The molecule has 1 rings (SSSR count). The van der Waals surface area contributed by atoms with Gasteiger partial charge in [-0.25, -0.2) is 8.42 Å². The van der Waals surface area contributed by atoms with Crippen LogP contribution in [0.15, 0.2) is 22.8 Å². The van der Waals surface area contributed by atoms with E-state index in [1.54, 1.807) is 20.1 Å². The second-order valence-electron chi connectivity index (χ2n) is 4.11. The fourth-order valence-electron chi connectivity index (χ4n) is 1.29. The number of nitrogens with one attached hydrogen (secondary N) is 1. The van der Waals surface area contributed by atoms with Crippen LogP contribution in [-0.4, -0.2) is 26.0 Å². The zero-order valence-corrected chi connectivity index (χ0v) is 10.8. The summed E-state index contributed by atoms with van der Waals surface area (Å²) in [5, 5.41) is 2.81. The summed E-state index contributed by atoms with van der Waals surface area (Å²) in [6.45, 7) is 5.79. The largest absolute Gasteiger partial charge is 0.468 e. The van der Waals surface area contributed by atoms with Crippen molar-refractivity contribution < 1.29 is 12.8 Å². The van der Waals surface area contributed by atoms with Gasteiger partial charge in [0.15, 0.2) is 9.84 Å². The smallest absolute Gasteiger partial charge is 0.153 e. The molecule has 1 heterocycles. The average Bonchev–Trinajstić information content (AvgIpc) is 2.69. The van der Waals surface area contributed by atoms with E-state index < -0.39 is 9.84 Å². The van der Waals surface area contributed by atoms with Gasteiger partial charge in [0.25, 0.3) is 0 Å². The van der Waals surface area contributed by atoms with Gasteiger partial charge in [-0.3, -0.25) is 0 Å². The van der Waals surface area contributed by atoms with Crippen molar-refractivity contribution in [3.05, 3.63) is 24.2 Å². The first-order valence-corrected chi connectivity index (χ1v) is 7.13. The molecule has 5 heteroatoms. The van der Waals surface area contributed by atoms with Crippen LogP contribution in [0.25, 0.3) is 0 Å². The van der Waals surface area contributed by atoms with Gasteiger partial charge in [0, 0.05) is 6.54 Å². The summed E-state index contributed by atoms with van der Waals surface area (Å²) in [6.07, 6.45) is 1.61. The highest BCUT2D eigenvalue weighted by Gasteiger charge is 2.16. The summed E-state index contributed by atoms with van der Waals surface area (Å²) in [5.41, 5.74) is 0. The summed E-state index contributed by atoms with van der Waals surface area (Å²) in [4.78, 5) is 0. The molecule has 16 heavy (non-hydrogen) atoms. The molecule has 0 fully saturated rings. The zero-order valence-electron chi connectivity index (χ0n) is 9.93. The molecule has 0 aliphatic carbocycles. The van der Waals surface area contributed by atoms with Crippen molar-refractivity contribution in [2.75, 3.05) is 12.3 Å². The molecular weight excluding hydrogens is 226 g/mol. The minimum atomic E-state index is -2.96. The van der Waals surface area contributed by atoms with E-state index in [4.69, 9.17) is 4.42 Å². The predicted molar refractivity (Wildman–Crippen MR) is 64.0 cm³/mol. The molecule has 0 aromatic carbocycles. The fourth-order valence-corrected chi connectivity index (χ4v) is 2.17. The van der Waals surface area contributed by atoms with E-state index in [-0.39, 0.29) is 17.0 Å². The quantitative estimate of drug-likeness (QED) is 0.829. The molecular formula is C11H19NO3S. The highest BCUT2D eigenvalue weighted by molar-refractivity contribution is 7.92. The van der Waals surface area contributed by atoms with E-state index in [2.05, 4.69) is 5.32 Å². The average molecular weight is 245 g/mol. The van der Waals surface area contributed by atoms with E-state index in [1.165, 1.54) is 0 Å². The topological polar surface area (TPSA) is 59.3 Å². The molecule has 1 N–H and O–H groups in total. The van der Waals surface area contributed by atoms with Gasteiger partial charge in [-0.1, -0.05) is 0 Å². The van der Waals surface area contributed by atoms with Crippen molar-refractivity contribution in [2.45, 2.75) is 32.1 Å². The highest BCUT2D eigenvalue weighted by Crippen LogP contribution is 2.11. The Morgan fingerprint density at radius 2 is 2.06 bits per heavy atom. The first-order valence-electron chi connectivity index (χ1n) is 5.42. The van der Waals surface area contributed by atoms with Crippen molar-refractivity contribution in [2.24, 2.45) is 0 Å². The van der Waals surface area contributed by atoms with Crippen LogP contribution >= 0.6 is 0 Å². The minimum Gasteiger partial charge on any atom is -0.468 e. The van der Waals surface area contributed by atoms with E-state index in [9.17, 15) is 8.42 Å². The summed E-state index contributed by atoms with van der Waals surface area (Å²) in [5.74, 6) is 0.984. The van der Waals surface area contributed by atoms with Crippen LogP contribution in [0.3, 0.4) is 0 Å². The van der Waals surface area contributed by atoms with Crippen LogP contribution in [0.1, 0.15) is 32.6 Å². The maximum Gasteiger partial charge on any atom is 0.153 e. The Morgan fingerprint density at radius 3 is 2.56 bits per heavy atom.